The Kier molecular flexibility index (Phi) is 3.12. The summed E-state index contributed by atoms with van der Waals surface area (Å²) < 4.78 is 1.24. The second kappa shape index (κ2) is 5.14. The fourth-order valence-corrected chi connectivity index (χ4v) is 4.33. The first-order chi connectivity index (χ1) is 10.8. The monoisotopic (exact) mass is 308 g/mol. The van der Waals surface area contributed by atoms with Crippen LogP contribution in [0.3, 0.4) is 0 Å². The van der Waals surface area contributed by atoms with Gasteiger partial charge in [0.2, 0.25) is 0 Å². The van der Waals surface area contributed by atoms with E-state index in [0.717, 1.165) is 6.42 Å². The van der Waals surface area contributed by atoms with E-state index < -0.39 is 0 Å². The molecule has 4 heteroatoms. The molecule has 22 heavy (non-hydrogen) atoms. The average molecular weight is 308 g/mol. The zero-order valence-electron chi connectivity index (χ0n) is 12.0. The fraction of sp³-hybridized carbons (Fsp3) is 0.167. The van der Waals surface area contributed by atoms with Crippen molar-refractivity contribution in [3.8, 4) is 0 Å². The van der Waals surface area contributed by atoms with Crippen molar-refractivity contribution in [3.05, 3.63) is 70.6 Å². The van der Waals surface area contributed by atoms with E-state index in [1.807, 2.05) is 18.2 Å². The maximum absolute atomic E-state index is 12.0. The maximum atomic E-state index is 12.0. The molecule has 110 valence electrons. The first-order valence-corrected chi connectivity index (χ1v) is 8.23. The Morgan fingerprint density at radius 3 is 2.73 bits per heavy atom. The lowest BCUT2D eigenvalue weighted by atomic mass is 9.88. The molecular formula is C18H16N2OS. The van der Waals surface area contributed by atoms with E-state index in [4.69, 9.17) is 5.73 Å². The highest BCUT2D eigenvalue weighted by Gasteiger charge is 2.32. The third-order valence-corrected chi connectivity index (χ3v) is 5.35. The SMILES string of the molecule is NC(=O)N1CCc2ccccc2C1c1csc2ccccc12. The summed E-state index contributed by atoms with van der Waals surface area (Å²) in [5.41, 5.74) is 9.32. The number of nitrogens with zero attached hydrogens (tertiary/aromatic N) is 1. The summed E-state index contributed by atoms with van der Waals surface area (Å²) in [4.78, 5) is 13.7. The molecule has 0 aliphatic carbocycles. The molecular weight excluding hydrogens is 292 g/mol. The fourth-order valence-electron chi connectivity index (χ4n) is 3.35. The number of amides is 2. The number of carbonyl (C=O) groups is 1. The number of hydrogen-bond donors (Lipinski definition) is 1. The van der Waals surface area contributed by atoms with Gasteiger partial charge in [-0.25, -0.2) is 4.79 Å². The zero-order valence-corrected chi connectivity index (χ0v) is 12.8. The molecule has 1 atom stereocenters. The van der Waals surface area contributed by atoms with Gasteiger partial charge < -0.3 is 10.6 Å². The van der Waals surface area contributed by atoms with Crippen LogP contribution in [-0.4, -0.2) is 17.5 Å². The van der Waals surface area contributed by atoms with Crippen molar-refractivity contribution in [2.24, 2.45) is 5.73 Å². The lowest BCUT2D eigenvalue weighted by Gasteiger charge is -2.36. The van der Waals surface area contributed by atoms with E-state index in [9.17, 15) is 4.79 Å². The number of hydrogen-bond acceptors (Lipinski definition) is 2. The van der Waals surface area contributed by atoms with Crippen LogP contribution in [0.5, 0.6) is 0 Å². The van der Waals surface area contributed by atoms with Gasteiger partial charge in [0.25, 0.3) is 0 Å². The van der Waals surface area contributed by atoms with Gasteiger partial charge in [0.15, 0.2) is 0 Å². The van der Waals surface area contributed by atoms with Crippen LogP contribution in [0.4, 0.5) is 4.79 Å². The number of primary amides is 1. The standard InChI is InChI=1S/C18H16N2OS/c19-18(21)20-10-9-12-5-1-2-6-13(12)17(20)15-11-22-16-8-4-3-7-14(15)16/h1-8,11,17H,9-10H2,(H2,19,21). The predicted octanol–water partition coefficient (Wildman–Crippen LogP) is 3.93. The van der Waals surface area contributed by atoms with E-state index >= 15 is 0 Å². The number of carbonyl (C=O) groups excluding carboxylic acids is 1. The quantitative estimate of drug-likeness (QED) is 0.727. The Morgan fingerprint density at radius 1 is 1.09 bits per heavy atom. The number of fused-ring (bicyclic) bond motifs is 2. The van der Waals surface area contributed by atoms with E-state index in [1.54, 1.807) is 16.2 Å². The van der Waals surface area contributed by atoms with Gasteiger partial charge in [-0.2, -0.15) is 0 Å². The van der Waals surface area contributed by atoms with Gasteiger partial charge in [-0.05, 0) is 39.9 Å². The highest BCUT2D eigenvalue weighted by molar-refractivity contribution is 7.17. The lowest BCUT2D eigenvalue weighted by molar-refractivity contribution is 0.190. The number of rotatable bonds is 1. The third kappa shape index (κ3) is 1.99. The Labute approximate surface area is 133 Å². The molecule has 1 aliphatic rings. The van der Waals surface area contributed by atoms with Crippen LogP contribution >= 0.6 is 11.3 Å². The molecule has 0 spiro atoms. The topological polar surface area (TPSA) is 46.3 Å². The summed E-state index contributed by atoms with van der Waals surface area (Å²) in [6.45, 7) is 0.668. The molecule has 2 heterocycles. The highest BCUT2D eigenvalue weighted by atomic mass is 32.1. The van der Waals surface area contributed by atoms with Gasteiger partial charge in [0.1, 0.15) is 0 Å². The Hall–Kier alpha value is -2.33. The van der Waals surface area contributed by atoms with Gasteiger partial charge in [-0.3, -0.25) is 0 Å². The van der Waals surface area contributed by atoms with Crippen LogP contribution in [0.2, 0.25) is 0 Å². The van der Waals surface area contributed by atoms with E-state index in [0.29, 0.717) is 6.54 Å². The van der Waals surface area contributed by atoms with Crippen LogP contribution < -0.4 is 5.73 Å². The highest BCUT2D eigenvalue weighted by Crippen LogP contribution is 2.40. The van der Waals surface area contributed by atoms with Crippen LogP contribution in [0.15, 0.2) is 53.9 Å². The largest absolute Gasteiger partial charge is 0.351 e. The molecule has 2 amide bonds. The first-order valence-electron chi connectivity index (χ1n) is 7.35. The Bertz CT molecular complexity index is 855. The first kappa shape index (κ1) is 13.3. The summed E-state index contributed by atoms with van der Waals surface area (Å²) in [7, 11) is 0. The van der Waals surface area contributed by atoms with Gasteiger partial charge >= 0.3 is 6.03 Å². The third-order valence-electron chi connectivity index (χ3n) is 4.37. The number of thiophene rings is 1. The summed E-state index contributed by atoms with van der Waals surface area (Å²) in [5, 5.41) is 3.37. The van der Waals surface area contributed by atoms with Gasteiger partial charge in [0, 0.05) is 11.2 Å². The molecule has 1 aliphatic heterocycles. The second-order valence-corrected chi connectivity index (χ2v) is 6.48. The van der Waals surface area contributed by atoms with Gasteiger partial charge in [-0.1, -0.05) is 42.5 Å². The Morgan fingerprint density at radius 2 is 1.86 bits per heavy atom. The molecule has 4 rings (SSSR count). The summed E-state index contributed by atoms with van der Waals surface area (Å²) in [6.07, 6.45) is 0.859. The minimum atomic E-state index is -0.352. The van der Waals surface area contributed by atoms with Crippen LogP contribution in [0, 0.1) is 0 Å². The van der Waals surface area contributed by atoms with Crippen LogP contribution in [0.25, 0.3) is 10.1 Å². The maximum Gasteiger partial charge on any atom is 0.315 e. The minimum Gasteiger partial charge on any atom is -0.351 e. The van der Waals surface area contributed by atoms with Crippen molar-refractivity contribution < 1.29 is 4.79 Å². The van der Waals surface area contributed by atoms with Crippen molar-refractivity contribution >= 4 is 27.5 Å². The van der Waals surface area contributed by atoms with Crippen molar-refractivity contribution in [1.29, 1.82) is 0 Å². The molecule has 3 aromatic rings. The molecule has 2 aromatic carbocycles. The molecule has 1 aromatic heterocycles. The molecule has 1 unspecified atom stereocenters. The van der Waals surface area contributed by atoms with Crippen LogP contribution in [-0.2, 0) is 6.42 Å². The van der Waals surface area contributed by atoms with Crippen LogP contribution in [0.1, 0.15) is 22.7 Å². The molecule has 0 saturated carbocycles. The number of benzene rings is 2. The molecule has 0 bridgehead atoms. The van der Waals surface area contributed by atoms with Gasteiger partial charge in [-0.15, -0.1) is 11.3 Å². The van der Waals surface area contributed by atoms with E-state index in [2.05, 4.69) is 35.7 Å². The second-order valence-electron chi connectivity index (χ2n) is 5.57. The van der Waals surface area contributed by atoms with E-state index in [-0.39, 0.29) is 12.1 Å². The summed E-state index contributed by atoms with van der Waals surface area (Å²) >= 11 is 1.72. The summed E-state index contributed by atoms with van der Waals surface area (Å²) in [5.74, 6) is 0. The number of urea groups is 1. The van der Waals surface area contributed by atoms with Crippen molar-refractivity contribution in [2.75, 3.05) is 6.54 Å². The van der Waals surface area contributed by atoms with Crippen molar-refractivity contribution in [1.82, 2.24) is 4.90 Å². The molecule has 0 saturated heterocycles. The van der Waals surface area contributed by atoms with Gasteiger partial charge in [0.05, 0.1) is 6.04 Å². The van der Waals surface area contributed by atoms with Crippen molar-refractivity contribution in [3.63, 3.8) is 0 Å². The summed E-state index contributed by atoms with van der Waals surface area (Å²) in [6, 6.07) is 16.2. The predicted molar refractivity (Wildman–Crippen MR) is 90.1 cm³/mol. The number of nitrogens with two attached hydrogens (primary N) is 1. The molecule has 0 radical (unpaired) electrons. The molecule has 2 N–H and O–H groups in total. The normalized spacial score (nSPS) is 17.5. The average Bonchev–Trinajstić information content (AvgIpc) is 2.97. The minimum absolute atomic E-state index is 0.0846. The van der Waals surface area contributed by atoms with Crippen molar-refractivity contribution in [2.45, 2.75) is 12.5 Å². The molecule has 0 fully saturated rings. The zero-order chi connectivity index (χ0) is 15.1. The smallest absolute Gasteiger partial charge is 0.315 e. The van der Waals surface area contributed by atoms with E-state index in [1.165, 1.54) is 26.8 Å². The lowest BCUT2D eigenvalue weighted by Crippen LogP contribution is -2.43. The Balaban J connectivity index is 1.94. The molecule has 3 nitrogen and oxygen atoms in total.